The van der Waals surface area contributed by atoms with Gasteiger partial charge in [-0.1, -0.05) is 221 Å². The molecule has 0 N–H and O–H groups in total. The molecule has 23 rings (SSSR count). The summed E-state index contributed by atoms with van der Waals surface area (Å²) in [5.41, 5.74) is 25.4. The third-order valence-corrected chi connectivity index (χ3v) is 25.0. The van der Waals surface area contributed by atoms with E-state index in [1.165, 1.54) is 53.9 Å². The van der Waals surface area contributed by atoms with Crippen molar-refractivity contribution in [1.29, 1.82) is 0 Å². The highest BCUT2D eigenvalue weighted by atomic mass is 15.1. The van der Waals surface area contributed by atoms with Crippen LogP contribution in [-0.4, -0.2) is 57.1 Å². The van der Waals surface area contributed by atoms with Crippen molar-refractivity contribution in [2.75, 3.05) is 0 Å². The lowest BCUT2D eigenvalue weighted by Gasteiger charge is -2.14. The van der Waals surface area contributed by atoms with E-state index in [-0.39, 0.29) is 46.8 Å². The highest BCUT2D eigenvalue weighted by Crippen LogP contribution is 2.40. The number of para-hydroxylation sites is 10. The number of aromatic nitrogens is 5. The molecule has 5 aromatic heterocycles. The molecule has 3 aliphatic heterocycles. The molecule has 0 saturated carbocycles. The molecule has 131 heavy (non-hydrogen) atoms. The quantitative estimate of drug-likeness (QED) is 0.121. The average molecular weight is 1680 g/mol. The van der Waals surface area contributed by atoms with Crippen molar-refractivity contribution in [3.63, 3.8) is 0 Å². The second-order valence-electron chi connectivity index (χ2n) is 32.2. The van der Waals surface area contributed by atoms with Crippen LogP contribution in [0.2, 0.25) is 0 Å². The van der Waals surface area contributed by atoms with Crippen LogP contribution in [0.3, 0.4) is 0 Å². The van der Waals surface area contributed by atoms with Crippen LogP contribution < -0.4 is 0 Å². The molecule has 0 saturated heterocycles. The van der Waals surface area contributed by atoms with Gasteiger partial charge < -0.3 is 51.9 Å². The Bertz CT molecular complexity index is 8110. The predicted octanol–water partition coefficient (Wildman–Crippen LogP) is 28.0. The molecule has 20 aromatic rings. The minimum Gasteiger partial charge on any atom is -0.370 e. The van der Waals surface area contributed by atoms with E-state index in [9.17, 15) is 0 Å². The summed E-state index contributed by atoms with van der Waals surface area (Å²) in [5, 5.41) is 12.1. The zero-order valence-corrected chi connectivity index (χ0v) is 71.1. The first-order chi connectivity index (χ1) is 64.5. The van der Waals surface area contributed by atoms with Crippen LogP contribution in [0.25, 0.3) is 167 Å². The van der Waals surface area contributed by atoms with Gasteiger partial charge in [0, 0.05) is 110 Å². The fourth-order valence-electron chi connectivity index (χ4n) is 18.7. The van der Waals surface area contributed by atoms with E-state index in [2.05, 4.69) is 389 Å². The van der Waals surface area contributed by atoms with E-state index in [4.69, 9.17) is 59.4 Å². The van der Waals surface area contributed by atoms with Gasteiger partial charge in [-0.3, -0.25) is 0 Å². The van der Waals surface area contributed by atoms with Gasteiger partial charge in [-0.05, 0) is 203 Å². The molecular weight excluding hydrogens is 1610 g/mol. The van der Waals surface area contributed by atoms with E-state index in [1.807, 2.05) is 57.2 Å². The van der Waals surface area contributed by atoms with Crippen LogP contribution in [0.15, 0.2) is 429 Å². The Balaban J connectivity index is 0.000000122. The van der Waals surface area contributed by atoms with Gasteiger partial charge in [-0.25, -0.2) is 0 Å². The molecule has 0 aliphatic carbocycles. The molecule has 1 unspecified atom stereocenters. The van der Waals surface area contributed by atoms with Crippen molar-refractivity contribution >= 4 is 143 Å². The molecule has 1 atom stereocenters. The van der Waals surface area contributed by atoms with Crippen molar-refractivity contribution in [1.82, 2.24) is 22.8 Å². The molecule has 8 heterocycles. The number of rotatable bonds is 10. The Morgan fingerprint density at radius 1 is 0.206 bits per heavy atom. The van der Waals surface area contributed by atoms with Gasteiger partial charge in [0.25, 0.3) is 34.9 Å². The second-order valence-corrected chi connectivity index (χ2v) is 32.2. The Hall–Kier alpha value is -18.5. The molecule has 0 amide bonds. The van der Waals surface area contributed by atoms with Crippen LogP contribution in [0, 0.1) is 51.3 Å². The van der Waals surface area contributed by atoms with Crippen LogP contribution in [0.1, 0.15) is 55.0 Å². The van der Waals surface area contributed by atoms with Crippen molar-refractivity contribution < 1.29 is 0 Å². The summed E-state index contributed by atoms with van der Waals surface area (Å²) in [5.74, 6) is -0.252. The van der Waals surface area contributed by atoms with E-state index < -0.39 is 0 Å². The molecule has 614 valence electrons. The smallest absolute Gasteiger partial charge is 0.293 e. The average Bonchev–Trinajstić information content (AvgIpc) is 1.64. The monoisotopic (exact) mass is 1680 g/mol. The zero-order chi connectivity index (χ0) is 88.9. The van der Waals surface area contributed by atoms with Crippen LogP contribution in [0.5, 0.6) is 0 Å². The number of benzene rings is 15. The minimum atomic E-state index is -0.288. The van der Waals surface area contributed by atoms with Crippen molar-refractivity contribution in [3.8, 4) is 28.4 Å². The summed E-state index contributed by atoms with van der Waals surface area (Å²) < 4.78 is 11.4. The Kier molecular flexibility index (Phi) is 20.4. The minimum absolute atomic E-state index is 0.00484. The number of hydrogen-bond donors (Lipinski definition) is 0. The van der Waals surface area contributed by atoms with E-state index in [1.54, 1.807) is 0 Å². The normalized spacial score (nSPS) is 14.2. The first-order valence-electron chi connectivity index (χ1n) is 42.9. The summed E-state index contributed by atoms with van der Waals surface area (Å²) in [7, 11) is 0. The lowest BCUT2D eigenvalue weighted by atomic mass is 9.89. The van der Waals surface area contributed by atoms with Crippen molar-refractivity contribution in [2.45, 2.75) is 27.2 Å². The van der Waals surface area contributed by atoms with Gasteiger partial charge in [-0.2, -0.15) is 0 Å². The lowest BCUT2D eigenvalue weighted by Crippen LogP contribution is -2.22. The van der Waals surface area contributed by atoms with Crippen molar-refractivity contribution in [2.24, 2.45) is 41.8 Å². The van der Waals surface area contributed by atoms with Gasteiger partial charge in [0.05, 0.1) is 73.4 Å². The summed E-state index contributed by atoms with van der Waals surface area (Å²) in [6.45, 7) is 52.1. The third-order valence-electron chi connectivity index (χ3n) is 25.0. The summed E-state index contributed by atoms with van der Waals surface area (Å²) in [6, 6.07) is 126. The fourth-order valence-corrected chi connectivity index (χ4v) is 18.7. The molecular formula is C114H73N17. The first kappa shape index (κ1) is 79.6. The summed E-state index contributed by atoms with van der Waals surface area (Å²) >= 11 is 0. The second kappa shape index (κ2) is 33.5. The van der Waals surface area contributed by atoms with Gasteiger partial charge in [-0.15, -0.1) is 30.0 Å². The van der Waals surface area contributed by atoms with Crippen LogP contribution in [-0.2, 0) is 0 Å². The summed E-state index contributed by atoms with van der Waals surface area (Å²) in [4.78, 5) is 49.3. The third kappa shape index (κ3) is 14.0. The van der Waals surface area contributed by atoms with Crippen LogP contribution >= 0.6 is 0 Å². The molecule has 0 bridgehead atoms. The highest BCUT2D eigenvalue weighted by molar-refractivity contribution is 6.23. The van der Waals surface area contributed by atoms with Crippen LogP contribution in [0.4, 0.5) is 0 Å². The zero-order valence-electron chi connectivity index (χ0n) is 71.1. The Morgan fingerprint density at radius 3 is 0.573 bits per heavy atom. The number of fused-ring (bicyclic) bond motifs is 15. The molecule has 0 radical (unpaired) electrons. The summed E-state index contributed by atoms with van der Waals surface area (Å²) in [6.07, 6.45) is 0.376. The molecule has 3 aliphatic rings. The molecule has 0 spiro atoms. The van der Waals surface area contributed by atoms with E-state index in [0.717, 1.165) is 123 Å². The van der Waals surface area contributed by atoms with E-state index in [0.29, 0.717) is 29.3 Å². The van der Waals surface area contributed by atoms with Gasteiger partial charge >= 0.3 is 0 Å². The number of aliphatic imine (C=N–C) groups is 6. The standard InChI is InChI=1S/C44H28N6.C43H26N6.C27H19N5/c1-28-41(29-20-24-31(25-21-29)49-37-16-8-4-12-33(37)34-13-5-9-17-38(34)49)47-43(45-2)44(46-3)48-42(28)30-22-26-32(27-23-30)50-39-18-10-6-14-35(39)36-15-7-11-19-40(36)50;1-44-42-43(45-2)47-37(29-21-25-31(26-22-29)49-40-17-9-5-13-34(40)35-14-6-10-18-41(35)49)27-36(46-42)28-19-23-30(24-20-28)48-38-15-7-3-11-32(38)33-12-4-8-16-39(33)48;1-17-18(2)30-26(28-3)27(29-4)31-25(17)19-13-15-20(16-14-19)32-23-11-7-5-9-21(23)22-10-6-8-12-24(22)32/h4-28H,1H3;3-26H,27H2;5-17H,1-2H3. The Morgan fingerprint density at radius 2 is 0.374 bits per heavy atom. The fraction of sp³-hybridized carbons (Fsp3) is 0.0526. The van der Waals surface area contributed by atoms with Gasteiger partial charge in [0.1, 0.15) is 34.3 Å². The van der Waals surface area contributed by atoms with Gasteiger partial charge in [0.15, 0.2) is 0 Å². The predicted molar refractivity (Wildman–Crippen MR) is 533 cm³/mol. The molecule has 17 heteroatoms. The van der Waals surface area contributed by atoms with Crippen molar-refractivity contribution in [3.05, 3.63) is 495 Å². The molecule has 0 fully saturated rings. The Labute approximate surface area is 754 Å². The largest absolute Gasteiger partial charge is 0.370 e. The number of hydrogen-bond acceptors (Lipinski definition) is 6. The molecule has 15 aromatic carbocycles. The highest BCUT2D eigenvalue weighted by Gasteiger charge is 2.33. The number of nitrogens with zero attached hydrogens (tertiary/aromatic N) is 17. The lowest BCUT2D eigenvalue weighted by molar-refractivity contribution is 1.04. The van der Waals surface area contributed by atoms with E-state index >= 15 is 0 Å². The maximum absolute atomic E-state index is 7.88. The first-order valence-corrected chi connectivity index (χ1v) is 42.9. The maximum Gasteiger partial charge on any atom is 0.293 e. The maximum atomic E-state index is 7.88. The van der Waals surface area contributed by atoms with Gasteiger partial charge in [0.2, 0.25) is 0 Å². The topological polar surface area (TPSA) is 125 Å². The SMILES string of the molecule is [C-]#[N+]C1=C([N+]#[C-])N=C(c2ccc(-n3c4ccccc4c4ccccc43)cc2)C(C)C(C)=N1.[C-]#[N+]C1=C([N+]#[C-])N=C(c2ccc(-n3c4ccccc4c4ccccc43)cc2)C(C)C(c2ccc(-n3c4ccccc4c4ccccc43)cc2)=N1.[C-]#[N+]C1=C([N+]#[C-])N=C(c2ccc(-n3c4ccccc4c4ccccc43)cc2)CC(c2ccc(-n3c4ccccc4c4ccccc43)cc2)=N1. The molecule has 17 nitrogen and oxygen atoms in total.